The first-order valence-electron chi connectivity index (χ1n) is 8.34. The molecule has 0 spiro atoms. The summed E-state index contributed by atoms with van der Waals surface area (Å²) in [6.45, 7) is 4.40. The number of urea groups is 1. The summed E-state index contributed by atoms with van der Waals surface area (Å²) in [5.41, 5.74) is 4.53. The lowest BCUT2D eigenvalue weighted by Gasteiger charge is -2.08. The smallest absolute Gasteiger partial charge is 0.319 e. The lowest BCUT2D eigenvalue weighted by Crippen LogP contribution is -2.30. The number of halogens is 1. The molecule has 0 saturated carbocycles. The number of carbonyl (C=O) groups excluding carboxylic acids is 1. The zero-order valence-corrected chi connectivity index (χ0v) is 15.4. The fourth-order valence-electron chi connectivity index (χ4n) is 2.40. The minimum absolute atomic E-state index is 0.285. The predicted octanol–water partition coefficient (Wildman–Crippen LogP) is 4.98. The van der Waals surface area contributed by atoms with Gasteiger partial charge in [0.05, 0.1) is 5.69 Å². The molecule has 0 fully saturated rings. The molecule has 2 amide bonds. The standard InChI is InChI=1S/C20H20ClN3O2/c1-13-3-6-15(7-4-13)19-23-17(12-26-19)9-10-22-20(25)24-16-8-5-14(2)18(21)11-16/h3-8,11-12H,9-10H2,1-2H3,(H2,22,24,25). The molecule has 0 aliphatic carbocycles. The van der Waals surface area contributed by atoms with E-state index in [-0.39, 0.29) is 6.03 Å². The van der Waals surface area contributed by atoms with E-state index in [0.717, 1.165) is 16.8 Å². The van der Waals surface area contributed by atoms with Gasteiger partial charge in [-0.3, -0.25) is 0 Å². The van der Waals surface area contributed by atoms with Crippen molar-refractivity contribution in [2.75, 3.05) is 11.9 Å². The first-order valence-corrected chi connectivity index (χ1v) is 8.71. The second-order valence-electron chi connectivity index (χ2n) is 6.10. The van der Waals surface area contributed by atoms with Crippen molar-refractivity contribution in [3.8, 4) is 11.5 Å². The Bertz CT molecular complexity index is 904. The third kappa shape index (κ3) is 4.64. The molecule has 1 aromatic heterocycles. The molecule has 1 heterocycles. The molecule has 0 atom stereocenters. The minimum Gasteiger partial charge on any atom is -0.444 e. The average Bonchev–Trinajstić information content (AvgIpc) is 3.08. The first-order chi connectivity index (χ1) is 12.5. The van der Waals surface area contributed by atoms with E-state index >= 15 is 0 Å². The number of amides is 2. The Balaban J connectivity index is 1.49. The fourth-order valence-corrected chi connectivity index (χ4v) is 2.58. The Morgan fingerprint density at radius 1 is 1.15 bits per heavy atom. The molecule has 0 bridgehead atoms. The van der Waals surface area contributed by atoms with Crippen molar-refractivity contribution in [3.63, 3.8) is 0 Å². The average molecular weight is 370 g/mol. The van der Waals surface area contributed by atoms with Crippen molar-refractivity contribution < 1.29 is 9.21 Å². The van der Waals surface area contributed by atoms with Crippen LogP contribution in [0.2, 0.25) is 5.02 Å². The highest BCUT2D eigenvalue weighted by Crippen LogP contribution is 2.20. The van der Waals surface area contributed by atoms with Gasteiger partial charge in [0.15, 0.2) is 0 Å². The molecular weight excluding hydrogens is 350 g/mol. The minimum atomic E-state index is -0.285. The molecule has 0 aliphatic heterocycles. The summed E-state index contributed by atoms with van der Waals surface area (Å²) in [5, 5.41) is 6.17. The number of nitrogens with one attached hydrogen (secondary N) is 2. The zero-order chi connectivity index (χ0) is 18.5. The summed E-state index contributed by atoms with van der Waals surface area (Å²) in [6.07, 6.45) is 2.20. The van der Waals surface area contributed by atoms with E-state index in [1.54, 1.807) is 12.3 Å². The molecule has 3 rings (SSSR count). The van der Waals surface area contributed by atoms with E-state index in [4.69, 9.17) is 16.0 Å². The highest BCUT2D eigenvalue weighted by atomic mass is 35.5. The van der Waals surface area contributed by atoms with Crippen LogP contribution < -0.4 is 10.6 Å². The Labute approximate surface area is 157 Å². The number of hydrogen-bond donors (Lipinski definition) is 2. The van der Waals surface area contributed by atoms with Crippen LogP contribution in [0.4, 0.5) is 10.5 Å². The molecule has 26 heavy (non-hydrogen) atoms. The van der Waals surface area contributed by atoms with Crippen LogP contribution in [-0.4, -0.2) is 17.6 Å². The van der Waals surface area contributed by atoms with Gasteiger partial charge < -0.3 is 15.1 Å². The van der Waals surface area contributed by atoms with E-state index < -0.39 is 0 Å². The number of rotatable bonds is 5. The summed E-state index contributed by atoms with van der Waals surface area (Å²) in [6, 6.07) is 13.1. The summed E-state index contributed by atoms with van der Waals surface area (Å²) in [7, 11) is 0. The molecule has 0 radical (unpaired) electrons. The van der Waals surface area contributed by atoms with E-state index in [1.165, 1.54) is 5.56 Å². The topological polar surface area (TPSA) is 67.2 Å². The third-order valence-corrected chi connectivity index (χ3v) is 4.35. The Kier molecular flexibility index (Phi) is 5.58. The molecule has 0 aliphatic rings. The Hall–Kier alpha value is -2.79. The van der Waals surface area contributed by atoms with Crippen LogP contribution in [0.15, 0.2) is 53.1 Å². The first kappa shape index (κ1) is 18.0. The fraction of sp³-hybridized carbons (Fsp3) is 0.200. The molecule has 0 saturated heterocycles. The van der Waals surface area contributed by atoms with Gasteiger partial charge in [-0.15, -0.1) is 0 Å². The molecule has 2 N–H and O–H groups in total. The number of oxazole rings is 1. The van der Waals surface area contributed by atoms with Gasteiger partial charge in [-0.2, -0.15) is 0 Å². The Morgan fingerprint density at radius 2 is 1.92 bits per heavy atom. The maximum atomic E-state index is 11.9. The molecule has 5 nitrogen and oxygen atoms in total. The van der Waals surface area contributed by atoms with Crippen LogP contribution in [0.5, 0.6) is 0 Å². The van der Waals surface area contributed by atoms with Crippen LogP contribution in [0, 0.1) is 13.8 Å². The third-order valence-electron chi connectivity index (χ3n) is 3.95. The van der Waals surface area contributed by atoms with E-state index in [2.05, 4.69) is 15.6 Å². The van der Waals surface area contributed by atoms with Gasteiger partial charge in [-0.1, -0.05) is 35.4 Å². The van der Waals surface area contributed by atoms with E-state index in [9.17, 15) is 4.79 Å². The van der Waals surface area contributed by atoms with Crippen LogP contribution in [0.3, 0.4) is 0 Å². The number of aromatic nitrogens is 1. The monoisotopic (exact) mass is 369 g/mol. The molecule has 6 heteroatoms. The lowest BCUT2D eigenvalue weighted by atomic mass is 10.1. The van der Waals surface area contributed by atoms with Gasteiger partial charge in [-0.05, 0) is 43.7 Å². The zero-order valence-electron chi connectivity index (χ0n) is 14.7. The normalized spacial score (nSPS) is 10.6. The van der Waals surface area contributed by atoms with Crippen LogP contribution in [-0.2, 0) is 6.42 Å². The second-order valence-corrected chi connectivity index (χ2v) is 6.51. The van der Waals surface area contributed by atoms with Gasteiger partial charge in [0, 0.05) is 29.2 Å². The van der Waals surface area contributed by atoms with Crippen molar-refractivity contribution in [1.82, 2.24) is 10.3 Å². The SMILES string of the molecule is Cc1ccc(-c2nc(CCNC(=O)Nc3ccc(C)c(Cl)c3)co2)cc1. The van der Waals surface area contributed by atoms with Crippen LogP contribution in [0.1, 0.15) is 16.8 Å². The van der Waals surface area contributed by atoms with E-state index in [0.29, 0.717) is 29.6 Å². The van der Waals surface area contributed by atoms with Crippen LogP contribution >= 0.6 is 11.6 Å². The summed E-state index contributed by atoms with van der Waals surface area (Å²) < 4.78 is 5.51. The highest BCUT2D eigenvalue weighted by molar-refractivity contribution is 6.31. The van der Waals surface area contributed by atoms with Crippen molar-refractivity contribution >= 4 is 23.3 Å². The summed E-state index contributed by atoms with van der Waals surface area (Å²) >= 11 is 6.05. The van der Waals surface area contributed by atoms with Gasteiger partial charge in [-0.25, -0.2) is 9.78 Å². The van der Waals surface area contributed by atoms with Gasteiger partial charge in [0.2, 0.25) is 5.89 Å². The summed E-state index contributed by atoms with van der Waals surface area (Å²) in [5.74, 6) is 0.582. The molecular formula is C20H20ClN3O2. The summed E-state index contributed by atoms with van der Waals surface area (Å²) in [4.78, 5) is 16.4. The number of nitrogens with zero attached hydrogens (tertiary/aromatic N) is 1. The number of anilines is 1. The molecule has 2 aromatic carbocycles. The maximum absolute atomic E-state index is 11.9. The number of aryl methyl sites for hydroxylation is 2. The number of hydrogen-bond acceptors (Lipinski definition) is 3. The molecule has 3 aromatic rings. The number of carbonyl (C=O) groups is 1. The lowest BCUT2D eigenvalue weighted by molar-refractivity contribution is 0.252. The second kappa shape index (κ2) is 8.06. The Morgan fingerprint density at radius 3 is 2.65 bits per heavy atom. The number of benzene rings is 2. The quantitative estimate of drug-likeness (QED) is 0.666. The van der Waals surface area contributed by atoms with Gasteiger partial charge >= 0.3 is 6.03 Å². The predicted molar refractivity (Wildman–Crippen MR) is 104 cm³/mol. The van der Waals surface area contributed by atoms with E-state index in [1.807, 2.05) is 50.2 Å². The van der Waals surface area contributed by atoms with Crippen molar-refractivity contribution in [2.45, 2.75) is 20.3 Å². The molecule has 0 unspecified atom stereocenters. The largest absolute Gasteiger partial charge is 0.444 e. The van der Waals surface area contributed by atoms with Crippen molar-refractivity contribution in [3.05, 3.63) is 70.6 Å². The van der Waals surface area contributed by atoms with Gasteiger partial charge in [0.1, 0.15) is 6.26 Å². The highest BCUT2D eigenvalue weighted by Gasteiger charge is 2.08. The van der Waals surface area contributed by atoms with Crippen molar-refractivity contribution in [2.24, 2.45) is 0 Å². The van der Waals surface area contributed by atoms with Crippen LogP contribution in [0.25, 0.3) is 11.5 Å². The molecule has 134 valence electrons. The maximum Gasteiger partial charge on any atom is 0.319 e. The van der Waals surface area contributed by atoms with Crippen molar-refractivity contribution in [1.29, 1.82) is 0 Å². The van der Waals surface area contributed by atoms with Gasteiger partial charge in [0.25, 0.3) is 0 Å².